The number of primary sulfonamides is 1. The number of morpholine rings is 1. The minimum atomic E-state index is -3.91. The number of nitrogens with two attached hydrogens (primary N) is 1. The molecule has 31 heavy (non-hydrogen) atoms. The van der Waals surface area contributed by atoms with Crippen LogP contribution in [-0.2, 0) is 21.3 Å². The molecule has 166 valence electrons. The molecule has 3 N–H and O–H groups in total. The van der Waals surface area contributed by atoms with Crippen LogP contribution in [0.3, 0.4) is 0 Å². The maximum Gasteiger partial charge on any atom is 0.253 e. The van der Waals surface area contributed by atoms with E-state index < -0.39 is 10.0 Å². The first kappa shape index (κ1) is 21.8. The monoisotopic (exact) mass is 444 g/mol. The molecule has 2 aliphatic rings. The SMILES string of the molecule is NS(=O)(=O)c1ccc(N2CCOCC2)c(C(=O)N[C@H]2CCN(Cc3ccccc3)C2)c1. The molecule has 2 aliphatic heterocycles. The van der Waals surface area contributed by atoms with E-state index >= 15 is 0 Å². The number of hydrogen-bond acceptors (Lipinski definition) is 6. The molecule has 0 bridgehead atoms. The molecule has 0 saturated carbocycles. The molecule has 2 fully saturated rings. The second-order valence-electron chi connectivity index (χ2n) is 8.00. The number of ether oxygens (including phenoxy) is 1. The number of nitrogens with one attached hydrogen (secondary N) is 1. The van der Waals surface area contributed by atoms with Crippen molar-refractivity contribution in [1.82, 2.24) is 10.2 Å². The third kappa shape index (κ3) is 5.43. The van der Waals surface area contributed by atoms with Crippen LogP contribution >= 0.6 is 0 Å². The lowest BCUT2D eigenvalue weighted by Gasteiger charge is -2.30. The van der Waals surface area contributed by atoms with Crippen LogP contribution in [0.5, 0.6) is 0 Å². The number of benzene rings is 2. The standard InChI is InChI=1S/C22H28N4O4S/c23-31(28,29)19-6-7-21(26-10-12-30-13-11-26)20(14-19)22(27)24-18-8-9-25(16-18)15-17-4-2-1-3-5-17/h1-7,14,18H,8-13,15-16H2,(H,24,27)(H2,23,28,29)/t18-/m0/s1. The van der Waals surface area contributed by atoms with E-state index in [0.29, 0.717) is 37.6 Å². The fourth-order valence-electron chi connectivity index (χ4n) is 4.15. The lowest BCUT2D eigenvalue weighted by molar-refractivity contribution is 0.0936. The van der Waals surface area contributed by atoms with Gasteiger partial charge in [0, 0.05) is 44.5 Å². The summed E-state index contributed by atoms with van der Waals surface area (Å²) < 4.78 is 29.1. The second kappa shape index (κ2) is 9.35. The summed E-state index contributed by atoms with van der Waals surface area (Å²) in [6.07, 6.45) is 0.848. The molecule has 0 aliphatic carbocycles. The van der Waals surface area contributed by atoms with Crippen LogP contribution in [0.2, 0.25) is 0 Å². The van der Waals surface area contributed by atoms with Crippen LogP contribution in [0.4, 0.5) is 5.69 Å². The Bertz CT molecular complexity index is 1020. The molecule has 2 saturated heterocycles. The molecule has 0 radical (unpaired) electrons. The highest BCUT2D eigenvalue weighted by Gasteiger charge is 2.27. The summed E-state index contributed by atoms with van der Waals surface area (Å²) in [4.78, 5) is 17.5. The Morgan fingerprint density at radius 3 is 2.55 bits per heavy atom. The van der Waals surface area contributed by atoms with Gasteiger partial charge in [-0.2, -0.15) is 0 Å². The van der Waals surface area contributed by atoms with Gasteiger partial charge in [0.2, 0.25) is 10.0 Å². The fourth-order valence-corrected chi connectivity index (χ4v) is 4.69. The Morgan fingerprint density at radius 1 is 1.10 bits per heavy atom. The number of rotatable bonds is 6. The highest BCUT2D eigenvalue weighted by molar-refractivity contribution is 7.89. The van der Waals surface area contributed by atoms with Gasteiger partial charge in [-0.15, -0.1) is 0 Å². The molecule has 1 atom stereocenters. The van der Waals surface area contributed by atoms with Crippen molar-refractivity contribution in [2.24, 2.45) is 5.14 Å². The first-order valence-electron chi connectivity index (χ1n) is 10.5. The van der Waals surface area contributed by atoms with E-state index in [0.717, 1.165) is 26.1 Å². The van der Waals surface area contributed by atoms with Gasteiger partial charge in [0.25, 0.3) is 5.91 Å². The summed E-state index contributed by atoms with van der Waals surface area (Å²) in [6, 6.07) is 14.7. The first-order valence-corrected chi connectivity index (χ1v) is 12.0. The van der Waals surface area contributed by atoms with Crippen molar-refractivity contribution in [3.05, 3.63) is 59.7 Å². The van der Waals surface area contributed by atoms with Gasteiger partial charge >= 0.3 is 0 Å². The molecular weight excluding hydrogens is 416 g/mol. The number of likely N-dealkylation sites (tertiary alicyclic amines) is 1. The average Bonchev–Trinajstić information content (AvgIpc) is 3.20. The smallest absolute Gasteiger partial charge is 0.253 e. The predicted octanol–water partition coefficient (Wildman–Crippen LogP) is 1.17. The summed E-state index contributed by atoms with van der Waals surface area (Å²) in [5.74, 6) is -0.279. The molecule has 8 nitrogen and oxygen atoms in total. The van der Waals surface area contributed by atoms with Crippen LogP contribution in [-0.4, -0.2) is 64.7 Å². The number of sulfonamides is 1. The van der Waals surface area contributed by atoms with Crippen molar-refractivity contribution in [3.63, 3.8) is 0 Å². The van der Waals surface area contributed by atoms with E-state index in [9.17, 15) is 13.2 Å². The minimum Gasteiger partial charge on any atom is -0.378 e. The molecule has 0 aromatic heterocycles. The van der Waals surface area contributed by atoms with Gasteiger partial charge in [-0.1, -0.05) is 30.3 Å². The molecule has 9 heteroatoms. The Balaban J connectivity index is 1.49. The average molecular weight is 445 g/mol. The molecular formula is C22H28N4O4S. The fraction of sp³-hybridized carbons (Fsp3) is 0.409. The number of carbonyl (C=O) groups is 1. The number of amides is 1. The third-order valence-corrected chi connectivity index (χ3v) is 6.66. The van der Waals surface area contributed by atoms with Crippen LogP contribution < -0.4 is 15.4 Å². The molecule has 0 unspecified atom stereocenters. The van der Waals surface area contributed by atoms with Gasteiger partial charge in [-0.05, 0) is 30.2 Å². The quantitative estimate of drug-likeness (QED) is 0.693. The molecule has 2 aromatic carbocycles. The van der Waals surface area contributed by atoms with Gasteiger partial charge in [-0.25, -0.2) is 13.6 Å². The van der Waals surface area contributed by atoms with Crippen molar-refractivity contribution in [2.75, 3.05) is 44.3 Å². The first-order chi connectivity index (χ1) is 14.9. The summed E-state index contributed by atoms with van der Waals surface area (Å²) in [5.41, 5.74) is 2.27. The van der Waals surface area contributed by atoms with Crippen LogP contribution in [0.25, 0.3) is 0 Å². The number of hydrogen-bond donors (Lipinski definition) is 2. The van der Waals surface area contributed by atoms with E-state index in [1.165, 1.54) is 17.7 Å². The summed E-state index contributed by atoms with van der Waals surface area (Å²) in [5, 5.41) is 8.40. The van der Waals surface area contributed by atoms with Crippen molar-refractivity contribution >= 4 is 21.6 Å². The molecule has 0 spiro atoms. The minimum absolute atomic E-state index is 0.00638. The predicted molar refractivity (Wildman–Crippen MR) is 118 cm³/mol. The van der Waals surface area contributed by atoms with E-state index in [2.05, 4.69) is 22.3 Å². The van der Waals surface area contributed by atoms with Gasteiger partial charge in [-0.3, -0.25) is 9.69 Å². The lowest BCUT2D eigenvalue weighted by atomic mass is 10.1. The van der Waals surface area contributed by atoms with Crippen LogP contribution in [0, 0.1) is 0 Å². The van der Waals surface area contributed by atoms with E-state index in [-0.39, 0.29) is 16.8 Å². The second-order valence-corrected chi connectivity index (χ2v) is 9.56. The summed E-state index contributed by atoms with van der Waals surface area (Å²) >= 11 is 0. The third-order valence-electron chi connectivity index (χ3n) is 5.75. The summed E-state index contributed by atoms with van der Waals surface area (Å²) in [6.45, 7) is 4.90. The highest BCUT2D eigenvalue weighted by atomic mass is 32.2. The van der Waals surface area contributed by atoms with Crippen LogP contribution in [0.1, 0.15) is 22.3 Å². The van der Waals surface area contributed by atoms with Crippen molar-refractivity contribution < 1.29 is 17.9 Å². The normalized spacial score (nSPS) is 20.0. The Morgan fingerprint density at radius 2 is 1.84 bits per heavy atom. The highest BCUT2D eigenvalue weighted by Crippen LogP contribution is 2.25. The largest absolute Gasteiger partial charge is 0.378 e. The Kier molecular flexibility index (Phi) is 6.57. The van der Waals surface area contributed by atoms with Gasteiger partial charge in [0.15, 0.2) is 0 Å². The molecule has 4 rings (SSSR count). The van der Waals surface area contributed by atoms with Crippen molar-refractivity contribution in [2.45, 2.75) is 23.9 Å². The van der Waals surface area contributed by atoms with Gasteiger partial charge in [0.05, 0.1) is 23.7 Å². The summed E-state index contributed by atoms with van der Waals surface area (Å²) in [7, 11) is -3.91. The Labute approximate surface area is 183 Å². The zero-order chi connectivity index (χ0) is 21.8. The topological polar surface area (TPSA) is 105 Å². The molecule has 2 aromatic rings. The maximum absolute atomic E-state index is 13.2. The number of anilines is 1. The zero-order valence-corrected chi connectivity index (χ0v) is 18.2. The van der Waals surface area contributed by atoms with Gasteiger partial charge in [0.1, 0.15) is 0 Å². The number of carbonyl (C=O) groups excluding carboxylic acids is 1. The molecule has 2 heterocycles. The van der Waals surface area contributed by atoms with Crippen molar-refractivity contribution in [1.29, 1.82) is 0 Å². The Hall–Kier alpha value is -2.46. The lowest BCUT2D eigenvalue weighted by Crippen LogP contribution is -2.40. The van der Waals surface area contributed by atoms with E-state index in [1.54, 1.807) is 6.07 Å². The zero-order valence-electron chi connectivity index (χ0n) is 17.4. The van der Waals surface area contributed by atoms with Gasteiger partial charge < -0.3 is 15.0 Å². The van der Waals surface area contributed by atoms with Crippen molar-refractivity contribution in [3.8, 4) is 0 Å². The maximum atomic E-state index is 13.2. The van der Waals surface area contributed by atoms with E-state index in [1.807, 2.05) is 23.1 Å². The van der Waals surface area contributed by atoms with Crippen LogP contribution in [0.15, 0.2) is 53.4 Å². The number of nitrogens with zero attached hydrogens (tertiary/aromatic N) is 2. The van der Waals surface area contributed by atoms with E-state index in [4.69, 9.17) is 9.88 Å². The molecule has 1 amide bonds.